The molecule has 0 amide bonds. The number of rotatable bonds is 3. The Bertz CT molecular complexity index is 961. The molecule has 0 unspecified atom stereocenters. The summed E-state index contributed by atoms with van der Waals surface area (Å²) in [6, 6.07) is 7.25. The number of nitrogens with one attached hydrogen (secondary N) is 1. The van der Waals surface area contributed by atoms with Crippen molar-refractivity contribution in [1.82, 2.24) is 19.7 Å². The van der Waals surface area contributed by atoms with Crippen LogP contribution in [0.1, 0.15) is 26.6 Å². The molecule has 2 heterocycles. The number of aryl methyl sites for hydroxylation is 1. The molecule has 1 aromatic carbocycles. The minimum absolute atomic E-state index is 0.119. The van der Waals surface area contributed by atoms with Gasteiger partial charge < -0.3 is 10.1 Å². The minimum Gasteiger partial charge on any atom is -0.442 e. The lowest BCUT2D eigenvalue weighted by atomic mass is 10.1. The van der Waals surface area contributed by atoms with E-state index in [9.17, 15) is 9.18 Å². The molecular weight excluding hydrogens is 349 g/mol. The third-order valence-electron chi connectivity index (χ3n) is 3.51. The molecule has 0 atom stereocenters. The number of aromatic nitrogens is 4. The van der Waals surface area contributed by atoms with Gasteiger partial charge in [-0.1, -0.05) is 12.1 Å². The summed E-state index contributed by atoms with van der Waals surface area (Å²) in [7, 11) is 0. The van der Waals surface area contributed by atoms with E-state index in [1.807, 2.05) is 12.1 Å². The molecule has 27 heavy (non-hydrogen) atoms. The quantitative estimate of drug-likeness (QED) is 0.741. The zero-order valence-electron chi connectivity index (χ0n) is 15.5. The number of benzene rings is 1. The monoisotopic (exact) mass is 369 g/mol. The second kappa shape index (κ2) is 7.14. The summed E-state index contributed by atoms with van der Waals surface area (Å²) in [4.78, 5) is 19.9. The van der Waals surface area contributed by atoms with Gasteiger partial charge in [0.25, 0.3) is 0 Å². The molecule has 1 N–H and O–H groups in total. The van der Waals surface area contributed by atoms with E-state index < -0.39 is 17.5 Å². The molecule has 0 bridgehead atoms. The van der Waals surface area contributed by atoms with Gasteiger partial charge in [-0.05, 0) is 45.4 Å². The van der Waals surface area contributed by atoms with Crippen molar-refractivity contribution >= 4 is 17.6 Å². The van der Waals surface area contributed by atoms with E-state index in [-0.39, 0.29) is 5.82 Å². The van der Waals surface area contributed by atoms with Crippen molar-refractivity contribution in [3.8, 4) is 11.1 Å². The third kappa shape index (κ3) is 4.66. The van der Waals surface area contributed by atoms with Crippen LogP contribution in [0.25, 0.3) is 11.1 Å². The van der Waals surface area contributed by atoms with Gasteiger partial charge in [0.15, 0.2) is 11.6 Å². The number of ether oxygens (including phenoxy) is 1. The Morgan fingerprint density at radius 1 is 1.15 bits per heavy atom. The summed E-state index contributed by atoms with van der Waals surface area (Å²) in [5, 5.41) is 6.97. The first-order valence-electron chi connectivity index (χ1n) is 8.36. The number of anilines is 2. The molecule has 0 saturated heterocycles. The highest BCUT2D eigenvalue weighted by Gasteiger charge is 2.18. The first-order valence-corrected chi connectivity index (χ1v) is 8.36. The number of hydrogen-bond acceptors (Lipinski definition) is 6. The number of nitrogens with zero attached hydrogens (tertiary/aromatic N) is 4. The Balaban J connectivity index is 1.74. The second-order valence-electron chi connectivity index (χ2n) is 6.97. The van der Waals surface area contributed by atoms with Crippen molar-refractivity contribution in [2.45, 2.75) is 33.3 Å². The summed E-state index contributed by atoms with van der Waals surface area (Å²) in [6.07, 6.45) is 3.77. The van der Waals surface area contributed by atoms with Gasteiger partial charge in [-0.15, -0.1) is 0 Å². The van der Waals surface area contributed by atoms with E-state index in [0.717, 1.165) is 22.0 Å². The van der Waals surface area contributed by atoms with Gasteiger partial charge in [0.1, 0.15) is 11.4 Å². The summed E-state index contributed by atoms with van der Waals surface area (Å²) >= 11 is 0. The SMILES string of the molecule is Cc1ncc(F)c(Nc2ccc(-c3cnn(C(=O)OC(C)(C)C)c3)cc2)n1. The molecule has 3 rings (SSSR count). The van der Waals surface area contributed by atoms with Crippen LogP contribution in [0.3, 0.4) is 0 Å². The molecule has 0 fully saturated rings. The average molecular weight is 369 g/mol. The zero-order chi connectivity index (χ0) is 19.6. The van der Waals surface area contributed by atoms with E-state index in [0.29, 0.717) is 11.5 Å². The zero-order valence-corrected chi connectivity index (χ0v) is 15.5. The number of halogens is 1. The van der Waals surface area contributed by atoms with Crippen molar-refractivity contribution in [2.75, 3.05) is 5.32 Å². The van der Waals surface area contributed by atoms with Crippen LogP contribution >= 0.6 is 0 Å². The van der Waals surface area contributed by atoms with E-state index in [2.05, 4.69) is 20.4 Å². The van der Waals surface area contributed by atoms with E-state index in [1.54, 1.807) is 52.2 Å². The van der Waals surface area contributed by atoms with E-state index >= 15 is 0 Å². The Morgan fingerprint density at radius 3 is 2.52 bits per heavy atom. The molecule has 0 radical (unpaired) electrons. The first-order chi connectivity index (χ1) is 12.7. The fourth-order valence-corrected chi connectivity index (χ4v) is 2.31. The molecular formula is C19H20FN5O2. The number of carbonyl (C=O) groups excluding carboxylic acids is 1. The summed E-state index contributed by atoms with van der Waals surface area (Å²) in [5.74, 6) is 0.0707. The standard InChI is InChI=1S/C19H20FN5O2/c1-12-21-10-16(20)17(23-12)24-15-7-5-13(6-8-15)14-9-22-25(11-14)18(26)27-19(2,3)4/h5-11H,1-4H3,(H,21,23,24). The molecule has 0 aliphatic carbocycles. The minimum atomic E-state index is -0.592. The fraction of sp³-hybridized carbons (Fsp3) is 0.263. The molecule has 140 valence electrons. The number of hydrogen-bond donors (Lipinski definition) is 1. The lowest BCUT2D eigenvalue weighted by Crippen LogP contribution is -2.27. The van der Waals surface area contributed by atoms with Crippen molar-refractivity contribution in [2.24, 2.45) is 0 Å². The molecule has 7 nitrogen and oxygen atoms in total. The van der Waals surface area contributed by atoms with E-state index in [4.69, 9.17) is 4.74 Å². The molecule has 0 saturated carbocycles. The van der Waals surface area contributed by atoms with Crippen molar-refractivity contribution in [1.29, 1.82) is 0 Å². The third-order valence-corrected chi connectivity index (χ3v) is 3.51. The maximum atomic E-state index is 13.8. The Hall–Kier alpha value is -3.29. The Morgan fingerprint density at radius 2 is 1.85 bits per heavy atom. The van der Waals surface area contributed by atoms with Gasteiger partial charge in [-0.25, -0.2) is 19.2 Å². The van der Waals surface area contributed by atoms with Gasteiger partial charge in [0.2, 0.25) is 0 Å². The Labute approximate surface area is 156 Å². The first kappa shape index (κ1) is 18.5. The van der Waals surface area contributed by atoms with Gasteiger partial charge >= 0.3 is 6.09 Å². The van der Waals surface area contributed by atoms with Crippen molar-refractivity contribution < 1.29 is 13.9 Å². The lowest BCUT2D eigenvalue weighted by Gasteiger charge is -2.18. The van der Waals surface area contributed by atoms with Crippen LogP contribution in [0, 0.1) is 12.7 Å². The normalized spacial score (nSPS) is 11.3. The summed E-state index contributed by atoms with van der Waals surface area (Å²) < 4.78 is 20.2. The highest BCUT2D eigenvalue weighted by molar-refractivity contribution is 5.73. The van der Waals surface area contributed by atoms with Crippen LogP contribution < -0.4 is 5.32 Å². The molecule has 0 aliphatic rings. The lowest BCUT2D eigenvalue weighted by molar-refractivity contribution is 0.0514. The average Bonchev–Trinajstić information content (AvgIpc) is 3.08. The molecule has 2 aromatic heterocycles. The molecule has 0 aliphatic heterocycles. The maximum Gasteiger partial charge on any atom is 0.435 e. The fourth-order valence-electron chi connectivity index (χ4n) is 2.31. The van der Waals surface area contributed by atoms with Gasteiger partial charge in [0.05, 0.1) is 12.4 Å². The van der Waals surface area contributed by atoms with Crippen LogP contribution in [0.5, 0.6) is 0 Å². The highest BCUT2D eigenvalue weighted by Crippen LogP contribution is 2.23. The van der Waals surface area contributed by atoms with Crippen molar-refractivity contribution in [3.05, 3.63) is 54.5 Å². The summed E-state index contributed by atoms with van der Waals surface area (Å²) in [6.45, 7) is 7.07. The maximum absolute atomic E-state index is 13.8. The van der Waals surface area contributed by atoms with Crippen molar-refractivity contribution in [3.63, 3.8) is 0 Å². The van der Waals surface area contributed by atoms with Crippen LogP contribution in [0.15, 0.2) is 42.9 Å². The predicted octanol–water partition coefficient (Wildman–Crippen LogP) is 4.31. The molecule has 3 aromatic rings. The molecule has 0 spiro atoms. The van der Waals surface area contributed by atoms with Gasteiger partial charge in [-0.3, -0.25) is 0 Å². The summed E-state index contributed by atoms with van der Waals surface area (Å²) in [5.41, 5.74) is 1.70. The topological polar surface area (TPSA) is 81.9 Å². The van der Waals surface area contributed by atoms with E-state index in [1.165, 1.54) is 0 Å². The Kier molecular flexibility index (Phi) is 4.89. The van der Waals surface area contributed by atoms with Gasteiger partial charge in [-0.2, -0.15) is 9.78 Å². The van der Waals surface area contributed by atoms with Crippen LogP contribution in [-0.4, -0.2) is 31.4 Å². The molecule has 8 heteroatoms. The predicted molar refractivity (Wildman–Crippen MR) is 99.3 cm³/mol. The van der Waals surface area contributed by atoms with Gasteiger partial charge in [0, 0.05) is 17.4 Å². The van der Waals surface area contributed by atoms with Crippen LogP contribution in [0.2, 0.25) is 0 Å². The smallest absolute Gasteiger partial charge is 0.435 e. The largest absolute Gasteiger partial charge is 0.442 e. The van der Waals surface area contributed by atoms with Crippen LogP contribution in [-0.2, 0) is 4.74 Å². The highest BCUT2D eigenvalue weighted by atomic mass is 19.1. The second-order valence-corrected chi connectivity index (χ2v) is 6.97. The number of carbonyl (C=O) groups is 1. The van der Waals surface area contributed by atoms with Crippen LogP contribution in [0.4, 0.5) is 20.7 Å².